The Labute approximate surface area is 119 Å². The van der Waals surface area contributed by atoms with E-state index in [9.17, 15) is 9.59 Å². The average molecular weight is 286 g/mol. The van der Waals surface area contributed by atoms with Crippen molar-refractivity contribution in [2.45, 2.75) is 19.5 Å². The van der Waals surface area contributed by atoms with Crippen LogP contribution in [0.1, 0.15) is 22.8 Å². The molecule has 0 fully saturated rings. The van der Waals surface area contributed by atoms with Gasteiger partial charge in [-0.2, -0.15) is 0 Å². The topological polar surface area (TPSA) is 75.4 Å². The van der Waals surface area contributed by atoms with Gasteiger partial charge in [-0.25, -0.2) is 0 Å². The SMILES string of the molecule is CNC(=O)c1ccc(CN(C)C(=O)C(C)N)cc1.Cl. The molecule has 0 aliphatic rings. The standard InChI is InChI=1S/C13H19N3O2.ClH/c1-9(14)13(18)16(3)8-10-4-6-11(7-5-10)12(17)15-2;/h4-7,9H,8,14H2,1-3H3,(H,15,17);1H. The fraction of sp³-hybridized carbons (Fsp3) is 0.385. The summed E-state index contributed by atoms with van der Waals surface area (Å²) in [5, 5.41) is 2.55. The number of nitrogens with one attached hydrogen (secondary N) is 1. The summed E-state index contributed by atoms with van der Waals surface area (Å²) in [7, 11) is 3.30. The third kappa shape index (κ3) is 4.89. The number of amides is 2. The average Bonchev–Trinajstić information content (AvgIpc) is 2.37. The lowest BCUT2D eigenvalue weighted by Gasteiger charge is -2.19. The van der Waals surface area contributed by atoms with Crippen LogP contribution in [-0.2, 0) is 11.3 Å². The highest BCUT2D eigenvalue weighted by molar-refractivity contribution is 5.93. The van der Waals surface area contributed by atoms with Gasteiger partial charge in [-0.1, -0.05) is 12.1 Å². The number of nitrogens with zero attached hydrogens (tertiary/aromatic N) is 1. The molecule has 1 aromatic carbocycles. The summed E-state index contributed by atoms with van der Waals surface area (Å²) in [5.74, 6) is -0.230. The number of carbonyl (C=O) groups excluding carboxylic acids is 2. The van der Waals surface area contributed by atoms with Gasteiger partial charge < -0.3 is 16.0 Å². The smallest absolute Gasteiger partial charge is 0.251 e. The summed E-state index contributed by atoms with van der Waals surface area (Å²) < 4.78 is 0. The monoisotopic (exact) mass is 285 g/mol. The van der Waals surface area contributed by atoms with Crippen LogP contribution in [0.15, 0.2) is 24.3 Å². The molecule has 19 heavy (non-hydrogen) atoms. The van der Waals surface area contributed by atoms with E-state index in [-0.39, 0.29) is 24.2 Å². The van der Waals surface area contributed by atoms with Gasteiger partial charge >= 0.3 is 0 Å². The van der Waals surface area contributed by atoms with E-state index in [0.717, 1.165) is 5.56 Å². The number of benzene rings is 1. The Hall–Kier alpha value is -1.59. The zero-order valence-electron chi connectivity index (χ0n) is 11.3. The van der Waals surface area contributed by atoms with Crippen LogP contribution in [-0.4, -0.2) is 36.9 Å². The Morgan fingerprint density at radius 3 is 2.26 bits per heavy atom. The summed E-state index contributed by atoms with van der Waals surface area (Å²) in [4.78, 5) is 24.5. The Bertz CT molecular complexity index is 432. The van der Waals surface area contributed by atoms with Crippen LogP contribution in [0.25, 0.3) is 0 Å². The first kappa shape index (κ1) is 17.4. The summed E-state index contributed by atoms with van der Waals surface area (Å²) in [6.07, 6.45) is 0. The van der Waals surface area contributed by atoms with E-state index in [1.165, 1.54) is 0 Å². The second-order valence-electron chi connectivity index (χ2n) is 4.26. The maximum absolute atomic E-state index is 11.6. The highest BCUT2D eigenvalue weighted by atomic mass is 35.5. The first-order chi connectivity index (χ1) is 8.45. The molecule has 0 heterocycles. The first-order valence-electron chi connectivity index (χ1n) is 5.77. The van der Waals surface area contributed by atoms with Crippen LogP contribution in [0.5, 0.6) is 0 Å². The Morgan fingerprint density at radius 1 is 1.32 bits per heavy atom. The van der Waals surface area contributed by atoms with Crippen LogP contribution in [0.3, 0.4) is 0 Å². The van der Waals surface area contributed by atoms with Gasteiger partial charge in [-0.15, -0.1) is 12.4 Å². The van der Waals surface area contributed by atoms with Crippen LogP contribution in [0.2, 0.25) is 0 Å². The molecule has 0 radical (unpaired) electrons. The van der Waals surface area contributed by atoms with Gasteiger partial charge in [0.15, 0.2) is 0 Å². The molecule has 0 saturated heterocycles. The molecule has 2 amide bonds. The molecule has 3 N–H and O–H groups in total. The maximum Gasteiger partial charge on any atom is 0.251 e. The molecule has 0 saturated carbocycles. The summed E-state index contributed by atoms with van der Waals surface area (Å²) in [6, 6.07) is 6.63. The highest BCUT2D eigenvalue weighted by Gasteiger charge is 2.13. The lowest BCUT2D eigenvalue weighted by Crippen LogP contribution is -2.39. The van der Waals surface area contributed by atoms with Crippen LogP contribution >= 0.6 is 12.4 Å². The van der Waals surface area contributed by atoms with E-state index in [4.69, 9.17) is 5.73 Å². The van der Waals surface area contributed by atoms with Crippen molar-refractivity contribution in [2.75, 3.05) is 14.1 Å². The lowest BCUT2D eigenvalue weighted by atomic mass is 10.1. The quantitative estimate of drug-likeness (QED) is 0.858. The molecule has 0 spiro atoms. The van der Waals surface area contributed by atoms with Crippen LogP contribution in [0.4, 0.5) is 0 Å². The fourth-order valence-electron chi connectivity index (χ4n) is 1.61. The van der Waals surface area contributed by atoms with Crippen LogP contribution < -0.4 is 11.1 Å². The minimum atomic E-state index is -0.500. The van der Waals surface area contributed by atoms with Crippen molar-refractivity contribution >= 4 is 24.2 Å². The summed E-state index contributed by atoms with van der Waals surface area (Å²) >= 11 is 0. The minimum Gasteiger partial charge on any atom is -0.355 e. The van der Waals surface area contributed by atoms with E-state index in [2.05, 4.69) is 5.32 Å². The van der Waals surface area contributed by atoms with Gasteiger partial charge in [-0.3, -0.25) is 9.59 Å². The maximum atomic E-state index is 11.6. The number of rotatable bonds is 4. The summed E-state index contributed by atoms with van der Waals surface area (Å²) in [6.45, 7) is 2.14. The van der Waals surface area contributed by atoms with Crippen molar-refractivity contribution in [3.63, 3.8) is 0 Å². The van der Waals surface area contributed by atoms with E-state index < -0.39 is 6.04 Å². The number of hydrogen-bond acceptors (Lipinski definition) is 3. The number of nitrogens with two attached hydrogens (primary N) is 1. The number of likely N-dealkylation sites (N-methyl/N-ethyl adjacent to an activating group) is 1. The van der Waals surface area contributed by atoms with Gasteiger partial charge in [0.05, 0.1) is 6.04 Å². The van der Waals surface area contributed by atoms with Gasteiger partial charge in [0.25, 0.3) is 5.91 Å². The molecular weight excluding hydrogens is 266 g/mol. The molecule has 5 nitrogen and oxygen atoms in total. The van der Waals surface area contributed by atoms with Gasteiger partial charge in [0.2, 0.25) is 5.91 Å². The van der Waals surface area contributed by atoms with Crippen molar-refractivity contribution in [3.05, 3.63) is 35.4 Å². The molecule has 0 aliphatic heterocycles. The zero-order valence-corrected chi connectivity index (χ0v) is 12.2. The third-order valence-electron chi connectivity index (χ3n) is 2.63. The highest BCUT2D eigenvalue weighted by Crippen LogP contribution is 2.07. The minimum absolute atomic E-state index is 0. The molecule has 0 aromatic heterocycles. The molecule has 0 bridgehead atoms. The first-order valence-corrected chi connectivity index (χ1v) is 5.77. The van der Waals surface area contributed by atoms with Crippen molar-refractivity contribution in [1.29, 1.82) is 0 Å². The van der Waals surface area contributed by atoms with Crippen LogP contribution in [0, 0.1) is 0 Å². The predicted octanol–water partition coefficient (Wildman–Crippen LogP) is 0.774. The lowest BCUT2D eigenvalue weighted by molar-refractivity contribution is -0.131. The largest absolute Gasteiger partial charge is 0.355 e. The fourth-order valence-corrected chi connectivity index (χ4v) is 1.61. The normalized spacial score (nSPS) is 11.2. The predicted molar refractivity (Wildman–Crippen MR) is 77.2 cm³/mol. The molecule has 106 valence electrons. The molecule has 1 atom stereocenters. The Balaban J connectivity index is 0.00000324. The zero-order chi connectivity index (χ0) is 13.7. The number of hydrogen-bond donors (Lipinski definition) is 2. The van der Waals surface area contributed by atoms with E-state index in [1.807, 2.05) is 12.1 Å². The molecule has 0 aliphatic carbocycles. The molecule has 6 heteroatoms. The number of carbonyl (C=O) groups is 2. The van der Waals surface area contributed by atoms with E-state index >= 15 is 0 Å². The van der Waals surface area contributed by atoms with Gasteiger partial charge in [-0.05, 0) is 24.6 Å². The second-order valence-corrected chi connectivity index (χ2v) is 4.26. The second kappa shape index (κ2) is 7.76. The van der Waals surface area contributed by atoms with Crippen molar-refractivity contribution in [1.82, 2.24) is 10.2 Å². The number of halogens is 1. The van der Waals surface area contributed by atoms with E-state index in [0.29, 0.717) is 12.1 Å². The molecular formula is C13H20ClN3O2. The molecule has 1 unspecified atom stereocenters. The van der Waals surface area contributed by atoms with Crippen molar-refractivity contribution in [2.24, 2.45) is 5.73 Å². The van der Waals surface area contributed by atoms with Crippen molar-refractivity contribution in [3.8, 4) is 0 Å². The molecule has 1 rings (SSSR count). The third-order valence-corrected chi connectivity index (χ3v) is 2.63. The molecule has 1 aromatic rings. The van der Waals surface area contributed by atoms with Gasteiger partial charge in [0.1, 0.15) is 0 Å². The Morgan fingerprint density at radius 2 is 1.84 bits per heavy atom. The Kier molecular flexibility index (Phi) is 7.11. The van der Waals surface area contributed by atoms with E-state index in [1.54, 1.807) is 38.1 Å². The summed E-state index contributed by atoms with van der Waals surface area (Å²) in [5.41, 5.74) is 7.09. The van der Waals surface area contributed by atoms with Gasteiger partial charge in [0, 0.05) is 26.2 Å². The van der Waals surface area contributed by atoms with Crippen molar-refractivity contribution < 1.29 is 9.59 Å².